The van der Waals surface area contributed by atoms with Gasteiger partial charge >= 0.3 is 0 Å². The van der Waals surface area contributed by atoms with E-state index in [9.17, 15) is 5.11 Å². The summed E-state index contributed by atoms with van der Waals surface area (Å²) in [5, 5.41) is 9.47. The van der Waals surface area contributed by atoms with E-state index in [-0.39, 0.29) is 23.4 Å². The highest BCUT2D eigenvalue weighted by Crippen LogP contribution is 2.42. The van der Waals surface area contributed by atoms with Crippen molar-refractivity contribution in [3.05, 3.63) is 23.8 Å². The van der Waals surface area contributed by atoms with Gasteiger partial charge in [-0.25, -0.2) is 0 Å². The van der Waals surface area contributed by atoms with Gasteiger partial charge in [-0.3, -0.25) is 0 Å². The predicted octanol–water partition coefficient (Wildman–Crippen LogP) is 5.08. The topological polar surface area (TPSA) is 42.0 Å². The molecule has 0 aromatic rings. The lowest BCUT2D eigenvalue weighted by atomic mass is 9.93. The zero-order valence-electron chi connectivity index (χ0n) is 17.0. The number of epoxide rings is 1. The summed E-state index contributed by atoms with van der Waals surface area (Å²) in [6.45, 7) is 22.9. The Hall–Kier alpha value is -0.423. The highest BCUT2D eigenvalue weighted by molar-refractivity contribution is 6.74. The van der Waals surface area contributed by atoms with Crippen molar-refractivity contribution in [1.29, 1.82) is 0 Å². The first-order valence-electron chi connectivity index (χ1n) is 9.12. The Morgan fingerprint density at radius 1 is 1.42 bits per heavy atom. The van der Waals surface area contributed by atoms with Crippen LogP contribution in [0.4, 0.5) is 0 Å². The van der Waals surface area contributed by atoms with Gasteiger partial charge in [0.05, 0.1) is 6.61 Å². The maximum atomic E-state index is 9.20. The molecule has 24 heavy (non-hydrogen) atoms. The fourth-order valence-corrected chi connectivity index (χ4v) is 3.67. The van der Waals surface area contributed by atoms with E-state index in [1.54, 1.807) is 0 Å². The van der Waals surface area contributed by atoms with Crippen LogP contribution in [0.1, 0.15) is 54.4 Å². The molecule has 0 aromatic carbocycles. The second-order valence-electron chi connectivity index (χ2n) is 9.09. The summed E-state index contributed by atoms with van der Waals surface area (Å²) in [4.78, 5) is 0. The average Bonchev–Trinajstić information content (AvgIpc) is 3.09. The van der Waals surface area contributed by atoms with Crippen molar-refractivity contribution in [2.75, 3.05) is 13.2 Å². The molecule has 4 heteroatoms. The lowest BCUT2D eigenvalue weighted by Crippen LogP contribution is -2.41. The minimum atomic E-state index is -1.64. The van der Waals surface area contributed by atoms with Gasteiger partial charge in [0.2, 0.25) is 0 Å². The Labute approximate surface area is 150 Å². The number of hydrogen-bond acceptors (Lipinski definition) is 3. The second-order valence-corrected chi connectivity index (χ2v) is 13.9. The Morgan fingerprint density at radius 2 is 2.00 bits per heavy atom. The van der Waals surface area contributed by atoms with Crippen LogP contribution in [0.15, 0.2) is 23.8 Å². The molecule has 1 heterocycles. The number of ether oxygens (including phenoxy) is 1. The first-order valence-corrected chi connectivity index (χ1v) is 12.0. The summed E-state index contributed by atoms with van der Waals surface area (Å²) in [5.74, 6) is 0.549. The van der Waals surface area contributed by atoms with Crippen LogP contribution in [0.5, 0.6) is 0 Å². The predicted molar refractivity (Wildman–Crippen MR) is 105 cm³/mol. The molecule has 0 spiro atoms. The first-order chi connectivity index (χ1) is 10.8. The molecule has 1 rings (SSSR count). The molecule has 0 unspecified atom stereocenters. The molecule has 1 fully saturated rings. The molecule has 0 bridgehead atoms. The van der Waals surface area contributed by atoms with Crippen molar-refractivity contribution >= 4 is 8.32 Å². The van der Waals surface area contributed by atoms with E-state index >= 15 is 0 Å². The van der Waals surface area contributed by atoms with Gasteiger partial charge in [-0.05, 0) is 56.3 Å². The molecule has 0 saturated carbocycles. The van der Waals surface area contributed by atoms with E-state index in [1.807, 2.05) is 6.92 Å². The molecule has 0 amide bonds. The third kappa shape index (κ3) is 5.55. The van der Waals surface area contributed by atoms with E-state index in [0.29, 0.717) is 5.92 Å². The highest BCUT2D eigenvalue weighted by Gasteiger charge is 2.52. The number of aliphatic hydroxyl groups excluding tert-OH is 1. The standard InChI is InChI=1S/C20H38O3Si/c1-15(10-11-22-24(8,9)19(4,5)6)12-16(2)13-17(3)20(7)18(14-21)23-20/h13,15,18,21H,2,10-12,14H2,1,3-9H3/b17-13+/t15-,18-,20-/m0/s1. The van der Waals surface area contributed by atoms with Crippen LogP contribution in [0, 0.1) is 5.92 Å². The van der Waals surface area contributed by atoms with Gasteiger partial charge in [0.1, 0.15) is 11.7 Å². The first kappa shape index (κ1) is 21.6. The molecule has 3 atom stereocenters. The summed E-state index contributed by atoms with van der Waals surface area (Å²) in [6.07, 6.45) is 4.10. The summed E-state index contributed by atoms with van der Waals surface area (Å²) in [5.41, 5.74) is 1.98. The van der Waals surface area contributed by atoms with Gasteiger partial charge < -0.3 is 14.3 Å². The number of rotatable bonds is 9. The zero-order chi connectivity index (χ0) is 18.8. The van der Waals surface area contributed by atoms with Crippen molar-refractivity contribution < 1.29 is 14.3 Å². The fraction of sp³-hybridized carbons (Fsp3) is 0.800. The average molecular weight is 355 g/mol. The summed E-state index contributed by atoms with van der Waals surface area (Å²) in [7, 11) is -1.64. The van der Waals surface area contributed by atoms with Gasteiger partial charge in [0.25, 0.3) is 0 Å². The van der Waals surface area contributed by atoms with Crippen LogP contribution >= 0.6 is 0 Å². The number of hydrogen-bond donors (Lipinski definition) is 1. The second kappa shape index (κ2) is 7.86. The molecule has 0 aliphatic carbocycles. The van der Waals surface area contributed by atoms with Gasteiger partial charge in [-0.1, -0.05) is 45.9 Å². The van der Waals surface area contributed by atoms with Gasteiger partial charge in [0, 0.05) is 6.61 Å². The van der Waals surface area contributed by atoms with Crippen LogP contribution in [-0.2, 0) is 9.16 Å². The maximum Gasteiger partial charge on any atom is 0.191 e. The molecule has 1 aliphatic heterocycles. The third-order valence-electron chi connectivity index (χ3n) is 5.80. The molecule has 3 nitrogen and oxygen atoms in total. The van der Waals surface area contributed by atoms with Crippen LogP contribution in [0.2, 0.25) is 18.1 Å². The zero-order valence-corrected chi connectivity index (χ0v) is 18.0. The smallest absolute Gasteiger partial charge is 0.191 e. The molecule has 140 valence electrons. The normalized spacial score (nSPS) is 26.4. The van der Waals surface area contributed by atoms with Crippen molar-refractivity contribution in [3.8, 4) is 0 Å². The van der Waals surface area contributed by atoms with E-state index in [0.717, 1.165) is 30.6 Å². The van der Waals surface area contributed by atoms with Gasteiger partial charge in [-0.2, -0.15) is 0 Å². The molecule has 1 saturated heterocycles. The Morgan fingerprint density at radius 3 is 2.46 bits per heavy atom. The maximum absolute atomic E-state index is 9.20. The van der Waals surface area contributed by atoms with Crippen LogP contribution in [0.25, 0.3) is 0 Å². The monoisotopic (exact) mass is 354 g/mol. The summed E-state index contributed by atoms with van der Waals surface area (Å²) < 4.78 is 11.8. The van der Waals surface area contributed by atoms with E-state index in [2.05, 4.69) is 60.4 Å². The third-order valence-corrected chi connectivity index (χ3v) is 10.3. The molecule has 0 radical (unpaired) electrons. The van der Waals surface area contributed by atoms with Gasteiger partial charge in [-0.15, -0.1) is 0 Å². The van der Waals surface area contributed by atoms with E-state index in [1.165, 1.54) is 0 Å². The van der Waals surface area contributed by atoms with E-state index in [4.69, 9.17) is 9.16 Å². The Bertz CT molecular complexity index is 476. The lowest BCUT2D eigenvalue weighted by Gasteiger charge is -2.36. The van der Waals surface area contributed by atoms with Crippen molar-refractivity contribution in [3.63, 3.8) is 0 Å². The van der Waals surface area contributed by atoms with Crippen LogP contribution in [0.3, 0.4) is 0 Å². The quantitative estimate of drug-likeness (QED) is 0.357. The molecular weight excluding hydrogens is 316 g/mol. The molecule has 1 aliphatic rings. The van der Waals surface area contributed by atoms with Crippen LogP contribution in [-0.4, -0.2) is 38.3 Å². The number of aliphatic hydroxyl groups is 1. The molecule has 0 aromatic heterocycles. The minimum Gasteiger partial charge on any atom is -0.417 e. The molecular formula is C20H38O3Si. The Balaban J connectivity index is 2.40. The highest BCUT2D eigenvalue weighted by atomic mass is 28.4. The Kier molecular flexibility index (Phi) is 7.08. The van der Waals surface area contributed by atoms with Gasteiger partial charge in [0.15, 0.2) is 8.32 Å². The summed E-state index contributed by atoms with van der Waals surface area (Å²) >= 11 is 0. The lowest BCUT2D eigenvalue weighted by molar-refractivity contribution is 0.239. The molecule has 1 N–H and O–H groups in total. The fourth-order valence-electron chi connectivity index (χ4n) is 2.61. The van der Waals surface area contributed by atoms with E-state index < -0.39 is 8.32 Å². The minimum absolute atomic E-state index is 0.0584. The number of allylic oxidation sites excluding steroid dienone is 2. The van der Waals surface area contributed by atoms with Crippen LogP contribution < -0.4 is 0 Å². The summed E-state index contributed by atoms with van der Waals surface area (Å²) in [6, 6.07) is 0. The largest absolute Gasteiger partial charge is 0.417 e. The van der Waals surface area contributed by atoms with Crippen molar-refractivity contribution in [2.24, 2.45) is 5.92 Å². The van der Waals surface area contributed by atoms with Crippen molar-refractivity contribution in [1.82, 2.24) is 0 Å². The SMILES string of the molecule is C=C(/C=C(\C)[C@]1(C)O[C@H]1CO)C[C@@H](C)CCO[Si](C)(C)C(C)(C)C. The van der Waals surface area contributed by atoms with Crippen molar-refractivity contribution in [2.45, 2.75) is 84.2 Å².